The first-order valence-corrected chi connectivity index (χ1v) is 7.18. The predicted molar refractivity (Wildman–Crippen MR) is 77.8 cm³/mol. The number of rotatable bonds is 3. The molecule has 0 radical (unpaired) electrons. The van der Waals surface area contributed by atoms with E-state index in [4.69, 9.17) is 0 Å². The molecule has 2 aromatic rings. The summed E-state index contributed by atoms with van der Waals surface area (Å²) >= 11 is 0. The molecule has 0 N–H and O–H groups in total. The molecule has 4 nitrogen and oxygen atoms in total. The van der Waals surface area contributed by atoms with Gasteiger partial charge in [0.05, 0.1) is 11.3 Å². The molecule has 0 bridgehead atoms. The van der Waals surface area contributed by atoms with E-state index in [9.17, 15) is 9.18 Å². The van der Waals surface area contributed by atoms with Gasteiger partial charge < -0.3 is 4.90 Å². The molecule has 1 atom stereocenters. The second kappa shape index (κ2) is 5.31. The molecule has 0 saturated carbocycles. The van der Waals surface area contributed by atoms with Crippen LogP contribution in [0.15, 0.2) is 36.7 Å². The Hall–Kier alpha value is -2.17. The van der Waals surface area contributed by atoms with Gasteiger partial charge >= 0.3 is 0 Å². The third-order valence-corrected chi connectivity index (χ3v) is 4.04. The van der Waals surface area contributed by atoms with Crippen molar-refractivity contribution >= 4 is 5.91 Å². The van der Waals surface area contributed by atoms with Gasteiger partial charge in [-0.15, -0.1) is 0 Å². The molecular weight excluding hydrogens is 269 g/mol. The summed E-state index contributed by atoms with van der Waals surface area (Å²) in [6, 6.07) is 6.27. The van der Waals surface area contributed by atoms with Gasteiger partial charge in [-0.2, -0.15) is 5.10 Å². The number of amides is 1. The highest BCUT2D eigenvalue weighted by molar-refractivity contribution is 5.98. The van der Waals surface area contributed by atoms with Crippen molar-refractivity contribution in [2.24, 2.45) is 5.92 Å². The Labute approximate surface area is 123 Å². The van der Waals surface area contributed by atoms with Gasteiger partial charge in [-0.05, 0) is 36.6 Å². The number of likely N-dealkylation sites (tertiary alicyclic amines) is 1. The topological polar surface area (TPSA) is 38.1 Å². The zero-order chi connectivity index (χ0) is 15.0. The zero-order valence-electron chi connectivity index (χ0n) is 12.2. The third kappa shape index (κ3) is 2.44. The number of hydrogen-bond donors (Lipinski definition) is 0. The fraction of sp³-hybridized carbons (Fsp3) is 0.375. The van der Waals surface area contributed by atoms with Crippen LogP contribution in [0.1, 0.15) is 30.6 Å². The molecule has 1 unspecified atom stereocenters. The van der Waals surface area contributed by atoms with Crippen molar-refractivity contribution in [3.05, 3.63) is 48.0 Å². The van der Waals surface area contributed by atoms with Gasteiger partial charge in [0.1, 0.15) is 5.82 Å². The first-order chi connectivity index (χ1) is 10.1. The van der Waals surface area contributed by atoms with Crippen LogP contribution in [-0.2, 0) is 0 Å². The molecule has 21 heavy (non-hydrogen) atoms. The summed E-state index contributed by atoms with van der Waals surface area (Å²) in [5.41, 5.74) is 0.977. The highest BCUT2D eigenvalue weighted by Crippen LogP contribution is 2.28. The molecule has 0 spiro atoms. The second-order valence-electron chi connectivity index (χ2n) is 5.71. The van der Waals surface area contributed by atoms with E-state index in [0.29, 0.717) is 17.2 Å². The minimum absolute atomic E-state index is 0.120. The van der Waals surface area contributed by atoms with E-state index in [-0.39, 0.29) is 11.9 Å². The van der Waals surface area contributed by atoms with Crippen LogP contribution in [0.3, 0.4) is 0 Å². The molecule has 1 aliphatic rings. The lowest BCUT2D eigenvalue weighted by molar-refractivity contribution is 0.0347. The Kier molecular flexibility index (Phi) is 3.49. The smallest absolute Gasteiger partial charge is 0.256 e. The molecule has 3 rings (SSSR count). The minimum atomic E-state index is -0.407. The average Bonchev–Trinajstić information content (AvgIpc) is 2.90. The van der Waals surface area contributed by atoms with Crippen LogP contribution >= 0.6 is 0 Å². The molecule has 1 aliphatic heterocycles. The molecular formula is C16H18FN3O. The van der Waals surface area contributed by atoms with E-state index >= 15 is 0 Å². The fourth-order valence-corrected chi connectivity index (χ4v) is 2.80. The standard InChI is InChI=1S/C16H18FN3O/c1-11(2)14-6-9-19(14)16(21)13-10-12(17)4-5-15(13)20-8-3-7-18-20/h3-5,7-8,10-11,14H,6,9H2,1-2H3. The summed E-state index contributed by atoms with van der Waals surface area (Å²) in [6.07, 6.45) is 4.40. The average molecular weight is 287 g/mol. The van der Waals surface area contributed by atoms with Gasteiger partial charge in [0.15, 0.2) is 0 Å². The molecule has 1 amide bonds. The maximum atomic E-state index is 13.6. The Morgan fingerprint density at radius 1 is 1.43 bits per heavy atom. The van der Waals surface area contributed by atoms with Crippen LogP contribution in [0.2, 0.25) is 0 Å². The summed E-state index contributed by atoms with van der Waals surface area (Å²) < 4.78 is 15.2. The van der Waals surface area contributed by atoms with Crippen molar-refractivity contribution in [3.8, 4) is 5.69 Å². The number of carbonyl (C=O) groups is 1. The Balaban J connectivity index is 1.98. The largest absolute Gasteiger partial charge is 0.335 e. The van der Waals surface area contributed by atoms with E-state index in [1.165, 1.54) is 12.1 Å². The number of nitrogens with zero attached hydrogens (tertiary/aromatic N) is 3. The maximum absolute atomic E-state index is 13.6. The number of aromatic nitrogens is 2. The number of hydrogen-bond acceptors (Lipinski definition) is 2. The molecule has 1 fully saturated rings. The molecule has 0 aliphatic carbocycles. The third-order valence-electron chi connectivity index (χ3n) is 4.04. The van der Waals surface area contributed by atoms with Crippen molar-refractivity contribution in [2.75, 3.05) is 6.54 Å². The summed E-state index contributed by atoms with van der Waals surface area (Å²) in [5.74, 6) is -0.120. The van der Waals surface area contributed by atoms with Crippen molar-refractivity contribution in [1.82, 2.24) is 14.7 Å². The van der Waals surface area contributed by atoms with Gasteiger partial charge in [-0.3, -0.25) is 4.79 Å². The highest BCUT2D eigenvalue weighted by Gasteiger charge is 2.35. The lowest BCUT2D eigenvalue weighted by atomic mass is 9.91. The molecule has 1 aromatic carbocycles. The second-order valence-corrected chi connectivity index (χ2v) is 5.71. The Bertz CT molecular complexity index is 652. The SMILES string of the molecule is CC(C)C1CCN1C(=O)c1cc(F)ccc1-n1cccn1. The van der Waals surface area contributed by atoms with E-state index < -0.39 is 5.82 Å². The first kappa shape index (κ1) is 13.8. The van der Waals surface area contributed by atoms with Crippen LogP contribution in [0, 0.1) is 11.7 Å². The highest BCUT2D eigenvalue weighted by atomic mass is 19.1. The quantitative estimate of drug-likeness (QED) is 0.870. The zero-order valence-corrected chi connectivity index (χ0v) is 12.2. The molecule has 2 heterocycles. The van der Waals surface area contributed by atoms with Crippen LogP contribution in [-0.4, -0.2) is 33.2 Å². The number of halogens is 1. The predicted octanol–water partition coefficient (Wildman–Crippen LogP) is 2.88. The van der Waals surface area contributed by atoms with E-state index in [0.717, 1.165) is 13.0 Å². The van der Waals surface area contributed by atoms with Gasteiger partial charge in [-0.1, -0.05) is 13.8 Å². The molecule has 1 aromatic heterocycles. The first-order valence-electron chi connectivity index (χ1n) is 7.18. The number of benzene rings is 1. The van der Waals surface area contributed by atoms with Gasteiger partial charge in [0.2, 0.25) is 0 Å². The fourth-order valence-electron chi connectivity index (χ4n) is 2.80. The summed E-state index contributed by atoms with van der Waals surface area (Å²) in [7, 11) is 0. The van der Waals surface area contributed by atoms with Crippen molar-refractivity contribution in [2.45, 2.75) is 26.3 Å². The van der Waals surface area contributed by atoms with E-state index in [1.54, 1.807) is 29.2 Å². The lowest BCUT2D eigenvalue weighted by Crippen LogP contribution is -2.53. The summed E-state index contributed by atoms with van der Waals surface area (Å²) in [6.45, 7) is 4.94. The van der Waals surface area contributed by atoms with E-state index in [2.05, 4.69) is 18.9 Å². The summed E-state index contributed by atoms with van der Waals surface area (Å²) in [5, 5.41) is 4.14. The van der Waals surface area contributed by atoms with Crippen LogP contribution in [0.4, 0.5) is 4.39 Å². The normalized spacial score (nSPS) is 17.9. The van der Waals surface area contributed by atoms with E-state index in [1.807, 2.05) is 4.90 Å². The molecule has 1 saturated heterocycles. The van der Waals surface area contributed by atoms with Crippen LogP contribution in [0.25, 0.3) is 5.69 Å². The van der Waals surface area contributed by atoms with Crippen molar-refractivity contribution < 1.29 is 9.18 Å². The monoisotopic (exact) mass is 287 g/mol. The van der Waals surface area contributed by atoms with Gasteiger partial charge in [-0.25, -0.2) is 9.07 Å². The molecule has 5 heteroatoms. The number of carbonyl (C=O) groups excluding carboxylic acids is 1. The minimum Gasteiger partial charge on any atom is -0.335 e. The Morgan fingerprint density at radius 2 is 2.24 bits per heavy atom. The van der Waals surface area contributed by atoms with Crippen LogP contribution < -0.4 is 0 Å². The Morgan fingerprint density at radius 3 is 2.81 bits per heavy atom. The van der Waals surface area contributed by atoms with Crippen LogP contribution in [0.5, 0.6) is 0 Å². The van der Waals surface area contributed by atoms with Crippen molar-refractivity contribution in [1.29, 1.82) is 0 Å². The van der Waals surface area contributed by atoms with Crippen molar-refractivity contribution in [3.63, 3.8) is 0 Å². The van der Waals surface area contributed by atoms with Gasteiger partial charge in [0.25, 0.3) is 5.91 Å². The van der Waals surface area contributed by atoms with Gasteiger partial charge in [0, 0.05) is 25.0 Å². The summed E-state index contributed by atoms with van der Waals surface area (Å²) in [4.78, 5) is 14.6. The maximum Gasteiger partial charge on any atom is 0.256 e. The molecule has 110 valence electrons. The lowest BCUT2D eigenvalue weighted by Gasteiger charge is -2.43.